The molecule has 6 heteroatoms. The molecule has 21 heavy (non-hydrogen) atoms. The fourth-order valence-electron chi connectivity index (χ4n) is 2.05. The zero-order valence-electron chi connectivity index (χ0n) is 11.4. The Morgan fingerprint density at radius 2 is 1.90 bits per heavy atom. The van der Waals surface area contributed by atoms with Gasteiger partial charge >= 0.3 is 0 Å². The summed E-state index contributed by atoms with van der Waals surface area (Å²) in [6.45, 7) is 0.597. The van der Waals surface area contributed by atoms with Crippen LogP contribution in [0.2, 0.25) is 0 Å². The lowest BCUT2D eigenvalue weighted by Crippen LogP contribution is -2.16. The van der Waals surface area contributed by atoms with Crippen molar-refractivity contribution in [3.63, 3.8) is 0 Å². The summed E-state index contributed by atoms with van der Waals surface area (Å²) in [5, 5.41) is 11.3. The number of rotatable bonds is 5. The Bertz CT molecular complexity index is 647. The van der Waals surface area contributed by atoms with E-state index < -0.39 is 0 Å². The maximum atomic E-state index is 12.9. The normalized spacial score (nSPS) is 10.4. The molecular formula is C15H14BrFN2O2. The van der Waals surface area contributed by atoms with Gasteiger partial charge in [0.2, 0.25) is 0 Å². The molecule has 0 N–H and O–H groups in total. The zero-order valence-corrected chi connectivity index (χ0v) is 13.0. The van der Waals surface area contributed by atoms with Crippen molar-refractivity contribution in [1.29, 1.82) is 0 Å². The third-order valence-electron chi connectivity index (χ3n) is 3.18. The van der Waals surface area contributed by atoms with E-state index in [9.17, 15) is 14.5 Å². The van der Waals surface area contributed by atoms with Crippen molar-refractivity contribution in [1.82, 2.24) is 0 Å². The average molecular weight is 353 g/mol. The molecule has 0 saturated carbocycles. The number of anilines is 1. The monoisotopic (exact) mass is 352 g/mol. The molecule has 0 heterocycles. The average Bonchev–Trinajstić information content (AvgIpc) is 2.48. The van der Waals surface area contributed by atoms with Gasteiger partial charge in [-0.25, -0.2) is 4.39 Å². The fraction of sp³-hybridized carbons (Fsp3) is 0.200. The van der Waals surface area contributed by atoms with E-state index in [1.165, 1.54) is 18.2 Å². The standard InChI is InChI=1S/C15H14BrFN2O2/c1-18(10-11-2-4-13(17)5-3-11)14-6-7-15(19(20)21)12(8-14)9-16/h2-8H,9-10H2,1H3. The molecule has 2 aromatic carbocycles. The first kappa shape index (κ1) is 15.4. The van der Waals surface area contributed by atoms with Gasteiger partial charge in [-0.1, -0.05) is 28.1 Å². The molecule has 0 aliphatic rings. The third kappa shape index (κ3) is 3.78. The summed E-state index contributed by atoms with van der Waals surface area (Å²) >= 11 is 3.27. The summed E-state index contributed by atoms with van der Waals surface area (Å²) in [7, 11) is 1.89. The Morgan fingerprint density at radius 3 is 2.48 bits per heavy atom. The van der Waals surface area contributed by atoms with Gasteiger partial charge in [0.05, 0.1) is 4.92 Å². The second-order valence-corrected chi connectivity index (χ2v) is 5.25. The van der Waals surface area contributed by atoms with Crippen LogP contribution in [0.3, 0.4) is 0 Å². The Morgan fingerprint density at radius 1 is 1.24 bits per heavy atom. The van der Waals surface area contributed by atoms with Crippen LogP contribution in [0.15, 0.2) is 42.5 Å². The molecule has 0 aliphatic heterocycles. The van der Waals surface area contributed by atoms with Gasteiger partial charge in [-0.05, 0) is 29.8 Å². The summed E-state index contributed by atoms with van der Waals surface area (Å²) in [4.78, 5) is 12.5. The summed E-state index contributed by atoms with van der Waals surface area (Å²) in [6.07, 6.45) is 0. The first-order valence-corrected chi connectivity index (χ1v) is 7.42. The molecule has 0 aromatic heterocycles. The lowest BCUT2D eigenvalue weighted by molar-refractivity contribution is -0.385. The number of hydrogen-bond acceptors (Lipinski definition) is 3. The van der Waals surface area contributed by atoms with Gasteiger partial charge in [0.15, 0.2) is 0 Å². The first-order valence-electron chi connectivity index (χ1n) is 6.30. The van der Waals surface area contributed by atoms with Gasteiger partial charge in [-0.15, -0.1) is 0 Å². The van der Waals surface area contributed by atoms with E-state index >= 15 is 0 Å². The van der Waals surface area contributed by atoms with Crippen LogP contribution < -0.4 is 4.90 Å². The largest absolute Gasteiger partial charge is 0.370 e. The molecule has 4 nitrogen and oxygen atoms in total. The van der Waals surface area contributed by atoms with Gasteiger partial charge in [-0.2, -0.15) is 0 Å². The van der Waals surface area contributed by atoms with Gasteiger partial charge in [0.25, 0.3) is 5.69 Å². The molecule has 0 spiro atoms. The summed E-state index contributed by atoms with van der Waals surface area (Å²) in [6, 6.07) is 11.3. The minimum Gasteiger partial charge on any atom is -0.370 e. The minimum atomic E-state index is -0.389. The Hall–Kier alpha value is -1.95. The van der Waals surface area contributed by atoms with Gasteiger partial charge in [-0.3, -0.25) is 10.1 Å². The number of nitrogens with zero attached hydrogens (tertiary/aromatic N) is 2. The van der Waals surface area contributed by atoms with Crippen LogP contribution in [0, 0.1) is 15.9 Å². The molecule has 2 rings (SSSR count). The Labute approximate surface area is 130 Å². The molecule has 0 aliphatic carbocycles. The smallest absolute Gasteiger partial charge is 0.273 e. The highest BCUT2D eigenvalue weighted by Crippen LogP contribution is 2.27. The molecule has 0 atom stereocenters. The fourth-order valence-corrected chi connectivity index (χ4v) is 2.50. The third-order valence-corrected chi connectivity index (χ3v) is 3.78. The molecular weight excluding hydrogens is 339 g/mol. The molecule has 110 valence electrons. The minimum absolute atomic E-state index is 0.103. The summed E-state index contributed by atoms with van der Waals surface area (Å²) < 4.78 is 12.9. The van der Waals surface area contributed by atoms with Crippen LogP contribution in [0.4, 0.5) is 15.8 Å². The van der Waals surface area contributed by atoms with Crippen molar-refractivity contribution in [2.75, 3.05) is 11.9 Å². The number of benzene rings is 2. The lowest BCUT2D eigenvalue weighted by atomic mass is 10.1. The predicted molar refractivity (Wildman–Crippen MR) is 84.2 cm³/mol. The first-order chi connectivity index (χ1) is 10.0. The molecule has 2 aromatic rings. The highest BCUT2D eigenvalue weighted by atomic mass is 79.9. The topological polar surface area (TPSA) is 46.4 Å². The van der Waals surface area contributed by atoms with E-state index in [4.69, 9.17) is 0 Å². The Kier molecular flexibility index (Phi) is 4.90. The molecule has 0 amide bonds. The maximum Gasteiger partial charge on any atom is 0.273 e. The van der Waals surface area contributed by atoms with Crippen molar-refractivity contribution < 1.29 is 9.31 Å². The van der Waals surface area contributed by atoms with Crippen LogP contribution in [-0.4, -0.2) is 12.0 Å². The molecule has 0 bridgehead atoms. The van der Waals surface area contributed by atoms with Crippen molar-refractivity contribution >= 4 is 27.3 Å². The van der Waals surface area contributed by atoms with Crippen LogP contribution in [-0.2, 0) is 11.9 Å². The van der Waals surface area contributed by atoms with Crippen molar-refractivity contribution in [2.24, 2.45) is 0 Å². The number of nitro groups is 1. The van der Waals surface area contributed by atoms with E-state index in [1.807, 2.05) is 11.9 Å². The number of nitro benzene ring substituents is 1. The number of alkyl halides is 1. The van der Waals surface area contributed by atoms with E-state index in [0.717, 1.165) is 11.3 Å². The van der Waals surface area contributed by atoms with E-state index in [1.54, 1.807) is 24.3 Å². The highest BCUT2D eigenvalue weighted by molar-refractivity contribution is 9.08. The second kappa shape index (κ2) is 6.67. The lowest BCUT2D eigenvalue weighted by Gasteiger charge is -2.20. The summed E-state index contributed by atoms with van der Waals surface area (Å²) in [5.41, 5.74) is 2.58. The maximum absolute atomic E-state index is 12.9. The number of halogens is 2. The van der Waals surface area contributed by atoms with E-state index in [-0.39, 0.29) is 16.4 Å². The van der Waals surface area contributed by atoms with Crippen LogP contribution >= 0.6 is 15.9 Å². The Balaban J connectivity index is 2.21. The number of hydrogen-bond donors (Lipinski definition) is 0. The summed E-state index contributed by atoms with van der Waals surface area (Å²) in [5.74, 6) is -0.265. The second-order valence-electron chi connectivity index (χ2n) is 4.69. The van der Waals surface area contributed by atoms with Crippen LogP contribution in [0.25, 0.3) is 0 Å². The zero-order chi connectivity index (χ0) is 15.4. The van der Waals surface area contributed by atoms with Crippen molar-refractivity contribution in [2.45, 2.75) is 11.9 Å². The molecule has 0 unspecified atom stereocenters. The van der Waals surface area contributed by atoms with Gasteiger partial charge in [0, 0.05) is 36.2 Å². The van der Waals surface area contributed by atoms with Gasteiger partial charge in [0.1, 0.15) is 5.82 Å². The van der Waals surface area contributed by atoms with E-state index in [0.29, 0.717) is 17.4 Å². The SMILES string of the molecule is CN(Cc1ccc(F)cc1)c1ccc([N+](=O)[O-])c(CBr)c1. The van der Waals surface area contributed by atoms with Crippen molar-refractivity contribution in [3.8, 4) is 0 Å². The predicted octanol–water partition coefficient (Wildman–Crippen LogP) is 4.27. The van der Waals surface area contributed by atoms with Crippen LogP contribution in [0.1, 0.15) is 11.1 Å². The highest BCUT2D eigenvalue weighted by Gasteiger charge is 2.14. The molecule has 0 fully saturated rings. The van der Waals surface area contributed by atoms with E-state index in [2.05, 4.69) is 15.9 Å². The van der Waals surface area contributed by atoms with Crippen molar-refractivity contribution in [3.05, 3.63) is 69.5 Å². The van der Waals surface area contributed by atoms with Gasteiger partial charge < -0.3 is 4.90 Å². The quantitative estimate of drug-likeness (QED) is 0.458. The molecule has 0 saturated heterocycles. The molecule has 0 radical (unpaired) electrons. The van der Waals surface area contributed by atoms with Crippen LogP contribution in [0.5, 0.6) is 0 Å².